The van der Waals surface area contributed by atoms with Gasteiger partial charge < -0.3 is 9.84 Å². The predicted molar refractivity (Wildman–Crippen MR) is 51.5 cm³/mol. The Balaban J connectivity index is 2.35. The van der Waals surface area contributed by atoms with Crippen molar-refractivity contribution in [1.29, 1.82) is 0 Å². The minimum atomic E-state index is -0.759. The fourth-order valence-corrected chi connectivity index (χ4v) is 2.57. The molecule has 0 bridgehead atoms. The summed E-state index contributed by atoms with van der Waals surface area (Å²) >= 11 is 1.27. The molecule has 1 aromatic heterocycles. The molecule has 2 rings (SSSR count). The molecule has 0 atom stereocenters. The first-order valence-corrected chi connectivity index (χ1v) is 5.25. The van der Waals surface area contributed by atoms with Gasteiger partial charge in [-0.15, -0.1) is 0 Å². The Morgan fingerprint density at radius 3 is 2.79 bits per heavy atom. The maximum Gasteiger partial charge on any atom is 0.315 e. The lowest BCUT2D eigenvalue weighted by Crippen LogP contribution is -2.40. The number of ether oxygens (including phenoxy) is 1. The van der Waals surface area contributed by atoms with E-state index >= 15 is 0 Å². The largest absolute Gasteiger partial charge is 0.481 e. The molecule has 2 heterocycles. The van der Waals surface area contributed by atoms with Crippen LogP contribution in [0.3, 0.4) is 0 Å². The van der Waals surface area contributed by atoms with Crippen molar-refractivity contribution in [2.45, 2.75) is 18.3 Å². The number of hydrogen-bond acceptors (Lipinski definition) is 4. The quantitative estimate of drug-likeness (QED) is 0.803. The molecule has 0 aliphatic carbocycles. The standard InChI is InChI=1S/C9H11NO3S/c11-8(12)9(2-5-13-6-3-9)7-1-4-10-14-7/h1,4H,2-3,5-6H2,(H,11,12). The van der Waals surface area contributed by atoms with E-state index in [1.54, 1.807) is 12.3 Å². The van der Waals surface area contributed by atoms with E-state index in [-0.39, 0.29) is 0 Å². The first-order chi connectivity index (χ1) is 6.76. The smallest absolute Gasteiger partial charge is 0.315 e. The molecule has 1 aliphatic rings. The molecule has 14 heavy (non-hydrogen) atoms. The Morgan fingerprint density at radius 2 is 2.29 bits per heavy atom. The minimum Gasteiger partial charge on any atom is -0.481 e. The number of aliphatic carboxylic acids is 1. The predicted octanol–water partition coefficient (Wildman–Crippen LogP) is 1.28. The first-order valence-electron chi connectivity index (χ1n) is 4.48. The summed E-state index contributed by atoms with van der Waals surface area (Å²) in [6.07, 6.45) is 2.75. The Labute approximate surface area is 85.7 Å². The summed E-state index contributed by atoms with van der Waals surface area (Å²) in [5, 5.41) is 9.28. The van der Waals surface area contributed by atoms with Gasteiger partial charge in [-0.1, -0.05) is 0 Å². The second-order valence-electron chi connectivity index (χ2n) is 3.38. The number of rotatable bonds is 2. The third-order valence-corrected chi connectivity index (χ3v) is 3.62. The molecule has 1 aromatic rings. The Morgan fingerprint density at radius 1 is 1.57 bits per heavy atom. The molecule has 0 aromatic carbocycles. The third-order valence-electron chi connectivity index (χ3n) is 2.67. The molecule has 76 valence electrons. The first kappa shape index (κ1) is 9.61. The minimum absolute atomic E-state index is 0.518. The maximum atomic E-state index is 11.3. The normalized spacial score (nSPS) is 20.6. The van der Waals surface area contributed by atoms with Crippen molar-refractivity contribution in [2.75, 3.05) is 13.2 Å². The van der Waals surface area contributed by atoms with Gasteiger partial charge in [0.05, 0.1) is 0 Å². The fraction of sp³-hybridized carbons (Fsp3) is 0.556. The van der Waals surface area contributed by atoms with E-state index in [1.165, 1.54) is 11.5 Å². The highest BCUT2D eigenvalue weighted by molar-refractivity contribution is 7.06. The van der Waals surface area contributed by atoms with Crippen LogP contribution < -0.4 is 0 Å². The summed E-state index contributed by atoms with van der Waals surface area (Å²) in [6.45, 7) is 1.04. The van der Waals surface area contributed by atoms with Crippen molar-refractivity contribution >= 4 is 17.5 Å². The Hall–Kier alpha value is -0.940. The van der Waals surface area contributed by atoms with Gasteiger partial charge in [-0.2, -0.15) is 0 Å². The van der Waals surface area contributed by atoms with E-state index < -0.39 is 11.4 Å². The van der Waals surface area contributed by atoms with E-state index in [0.717, 1.165) is 4.88 Å². The highest BCUT2D eigenvalue weighted by Gasteiger charge is 2.43. The zero-order valence-corrected chi connectivity index (χ0v) is 8.42. The topological polar surface area (TPSA) is 59.4 Å². The number of aromatic nitrogens is 1. The highest BCUT2D eigenvalue weighted by Crippen LogP contribution is 2.36. The van der Waals surface area contributed by atoms with Crippen LogP contribution in [0.1, 0.15) is 17.7 Å². The van der Waals surface area contributed by atoms with Gasteiger partial charge in [0.15, 0.2) is 0 Å². The lowest BCUT2D eigenvalue weighted by atomic mass is 9.79. The Kier molecular flexibility index (Phi) is 2.52. The molecule has 0 radical (unpaired) electrons. The van der Waals surface area contributed by atoms with Gasteiger partial charge in [-0.3, -0.25) is 4.79 Å². The molecule has 1 N–H and O–H groups in total. The monoisotopic (exact) mass is 213 g/mol. The number of carboxylic acids is 1. The number of carboxylic acid groups (broad SMARTS) is 1. The molecule has 0 amide bonds. The molecular formula is C9H11NO3S. The number of carbonyl (C=O) groups is 1. The summed E-state index contributed by atoms with van der Waals surface area (Å²) in [7, 11) is 0. The van der Waals surface area contributed by atoms with Crippen molar-refractivity contribution in [2.24, 2.45) is 0 Å². The van der Waals surface area contributed by atoms with E-state index in [2.05, 4.69) is 4.37 Å². The van der Waals surface area contributed by atoms with E-state index in [9.17, 15) is 9.90 Å². The molecule has 1 aliphatic heterocycles. The summed E-state index contributed by atoms with van der Waals surface area (Å²) in [5.74, 6) is -0.759. The van der Waals surface area contributed by atoms with Gasteiger partial charge >= 0.3 is 5.97 Å². The lowest BCUT2D eigenvalue weighted by Gasteiger charge is -2.31. The van der Waals surface area contributed by atoms with Gasteiger partial charge in [0, 0.05) is 24.3 Å². The number of hydrogen-bond donors (Lipinski definition) is 1. The van der Waals surface area contributed by atoms with Crippen LogP contribution in [0.2, 0.25) is 0 Å². The van der Waals surface area contributed by atoms with Crippen LogP contribution in [-0.4, -0.2) is 28.7 Å². The van der Waals surface area contributed by atoms with Crippen molar-refractivity contribution < 1.29 is 14.6 Å². The van der Waals surface area contributed by atoms with E-state index in [4.69, 9.17) is 4.74 Å². The van der Waals surface area contributed by atoms with Crippen LogP contribution in [0.4, 0.5) is 0 Å². The van der Waals surface area contributed by atoms with Crippen molar-refractivity contribution in [1.82, 2.24) is 4.37 Å². The molecule has 0 saturated carbocycles. The summed E-state index contributed by atoms with van der Waals surface area (Å²) in [5.41, 5.74) is -0.751. The van der Waals surface area contributed by atoms with Crippen LogP contribution in [0.5, 0.6) is 0 Å². The van der Waals surface area contributed by atoms with Gasteiger partial charge in [0.1, 0.15) is 5.41 Å². The molecule has 0 spiro atoms. The number of nitrogens with zero attached hydrogens (tertiary/aromatic N) is 1. The van der Waals surface area contributed by atoms with Crippen molar-refractivity contribution in [3.8, 4) is 0 Å². The Bertz CT molecular complexity index is 317. The summed E-state index contributed by atoms with van der Waals surface area (Å²) in [4.78, 5) is 12.1. The fourth-order valence-electron chi connectivity index (χ4n) is 1.75. The third kappa shape index (κ3) is 1.42. The van der Waals surface area contributed by atoms with Gasteiger partial charge in [0.2, 0.25) is 0 Å². The molecular weight excluding hydrogens is 202 g/mol. The van der Waals surface area contributed by atoms with E-state index in [0.29, 0.717) is 26.1 Å². The second-order valence-corrected chi connectivity index (χ2v) is 4.21. The lowest BCUT2D eigenvalue weighted by molar-refractivity contribution is -0.147. The zero-order chi connectivity index (χ0) is 10.0. The maximum absolute atomic E-state index is 11.3. The van der Waals surface area contributed by atoms with Gasteiger partial charge in [0.25, 0.3) is 0 Å². The van der Waals surface area contributed by atoms with Crippen LogP contribution in [-0.2, 0) is 14.9 Å². The molecule has 4 nitrogen and oxygen atoms in total. The van der Waals surface area contributed by atoms with Crippen LogP contribution in [0, 0.1) is 0 Å². The van der Waals surface area contributed by atoms with Gasteiger partial charge in [-0.25, -0.2) is 4.37 Å². The highest BCUT2D eigenvalue weighted by atomic mass is 32.1. The SMILES string of the molecule is O=C(O)C1(c2ccns2)CCOCC1. The van der Waals surface area contributed by atoms with Crippen molar-refractivity contribution in [3.05, 3.63) is 17.1 Å². The van der Waals surface area contributed by atoms with Gasteiger partial charge in [-0.05, 0) is 30.4 Å². The molecule has 1 fully saturated rings. The van der Waals surface area contributed by atoms with E-state index in [1.807, 2.05) is 0 Å². The summed E-state index contributed by atoms with van der Waals surface area (Å²) < 4.78 is 9.16. The molecule has 0 unspecified atom stereocenters. The van der Waals surface area contributed by atoms with Crippen molar-refractivity contribution in [3.63, 3.8) is 0 Å². The molecule has 1 saturated heterocycles. The average Bonchev–Trinajstić information content (AvgIpc) is 2.72. The van der Waals surface area contributed by atoms with Crippen LogP contribution in [0.25, 0.3) is 0 Å². The summed E-state index contributed by atoms with van der Waals surface area (Å²) in [6, 6.07) is 1.80. The average molecular weight is 213 g/mol. The van der Waals surface area contributed by atoms with Crippen LogP contribution >= 0.6 is 11.5 Å². The zero-order valence-electron chi connectivity index (χ0n) is 7.60. The molecule has 5 heteroatoms. The van der Waals surface area contributed by atoms with Crippen LogP contribution in [0.15, 0.2) is 12.3 Å². The second kappa shape index (κ2) is 3.67.